The summed E-state index contributed by atoms with van der Waals surface area (Å²) < 4.78 is 53.0. The van der Waals surface area contributed by atoms with Crippen LogP contribution in [-0.2, 0) is 17.7 Å². The van der Waals surface area contributed by atoms with Gasteiger partial charge in [0, 0.05) is 26.3 Å². The van der Waals surface area contributed by atoms with Gasteiger partial charge in [-0.15, -0.1) is 23.4 Å². The zero-order valence-electron chi connectivity index (χ0n) is 15.3. The van der Waals surface area contributed by atoms with Crippen molar-refractivity contribution in [2.75, 3.05) is 0 Å². The highest BCUT2D eigenvalue weighted by Gasteiger charge is 2.32. The second-order valence-electron chi connectivity index (χ2n) is 6.54. The molecule has 0 aliphatic heterocycles. The van der Waals surface area contributed by atoms with E-state index in [-0.39, 0.29) is 12.2 Å². The van der Waals surface area contributed by atoms with Gasteiger partial charge >= 0.3 is 12.1 Å². The lowest BCUT2D eigenvalue weighted by Crippen LogP contribution is -2.15. The summed E-state index contributed by atoms with van der Waals surface area (Å²) in [6.45, 7) is 1.97. The number of aromatic nitrogens is 3. The Hall–Kier alpha value is -3.30. The second kappa shape index (κ2) is 7.26. The SMILES string of the molecule is Cc1nnc(CCn2c(=O)oc3ccc(C4=CC=C(OC(F)(F)F)CC4)cc32)o1. The van der Waals surface area contributed by atoms with Gasteiger partial charge in [0.05, 0.1) is 5.52 Å². The molecule has 0 unspecified atom stereocenters. The largest absolute Gasteiger partial charge is 0.572 e. The molecule has 152 valence electrons. The van der Waals surface area contributed by atoms with Crippen LogP contribution in [0, 0.1) is 6.92 Å². The smallest absolute Gasteiger partial charge is 0.426 e. The Morgan fingerprint density at radius 3 is 2.66 bits per heavy atom. The van der Waals surface area contributed by atoms with Gasteiger partial charge in [-0.05, 0) is 35.8 Å². The van der Waals surface area contributed by atoms with Gasteiger partial charge in [0.15, 0.2) is 5.58 Å². The number of ether oxygens (including phenoxy) is 1. The molecule has 2 heterocycles. The number of rotatable bonds is 5. The number of allylic oxidation sites excluding steroid dienone is 4. The Morgan fingerprint density at radius 2 is 2.00 bits per heavy atom. The number of aryl methyl sites for hydroxylation is 3. The molecule has 1 aromatic carbocycles. The average Bonchev–Trinajstić information content (AvgIpc) is 3.21. The van der Waals surface area contributed by atoms with E-state index in [1.165, 1.54) is 10.6 Å². The molecule has 0 saturated carbocycles. The van der Waals surface area contributed by atoms with E-state index in [9.17, 15) is 18.0 Å². The van der Waals surface area contributed by atoms with Crippen molar-refractivity contribution in [1.29, 1.82) is 0 Å². The third-order valence-electron chi connectivity index (χ3n) is 4.51. The van der Waals surface area contributed by atoms with E-state index in [0.29, 0.717) is 42.3 Å². The van der Waals surface area contributed by atoms with Crippen LogP contribution in [0.25, 0.3) is 16.7 Å². The molecule has 4 rings (SSSR count). The highest BCUT2D eigenvalue weighted by molar-refractivity contribution is 5.80. The molecule has 0 atom stereocenters. The maximum absolute atomic E-state index is 12.3. The fourth-order valence-electron chi connectivity index (χ4n) is 3.21. The van der Waals surface area contributed by atoms with Crippen LogP contribution in [0.3, 0.4) is 0 Å². The molecule has 0 fully saturated rings. The van der Waals surface area contributed by atoms with Crippen molar-refractivity contribution < 1.29 is 26.7 Å². The molecule has 0 N–H and O–H groups in total. The van der Waals surface area contributed by atoms with Crippen LogP contribution in [0.2, 0.25) is 0 Å². The van der Waals surface area contributed by atoms with E-state index in [0.717, 1.165) is 11.1 Å². The van der Waals surface area contributed by atoms with E-state index in [1.54, 1.807) is 31.2 Å². The Kier molecular flexibility index (Phi) is 4.77. The molecule has 7 nitrogen and oxygen atoms in total. The van der Waals surface area contributed by atoms with E-state index < -0.39 is 12.1 Å². The van der Waals surface area contributed by atoms with Gasteiger partial charge in [-0.1, -0.05) is 12.1 Å². The zero-order valence-corrected chi connectivity index (χ0v) is 15.3. The topological polar surface area (TPSA) is 83.3 Å². The molecule has 0 saturated heterocycles. The van der Waals surface area contributed by atoms with Crippen LogP contribution in [0.15, 0.2) is 49.7 Å². The van der Waals surface area contributed by atoms with Crippen LogP contribution in [0.1, 0.15) is 30.2 Å². The molecule has 29 heavy (non-hydrogen) atoms. The third-order valence-corrected chi connectivity index (χ3v) is 4.51. The standard InChI is InChI=1S/C19H16F3N3O4/c1-11-23-24-17(27-11)8-9-25-15-10-13(4-7-16(15)28-18(25)26)12-2-5-14(6-3-12)29-19(20,21)22/h2,4-5,7,10H,3,6,8-9H2,1H3. The molecule has 2 aromatic heterocycles. The Morgan fingerprint density at radius 1 is 1.17 bits per heavy atom. The zero-order chi connectivity index (χ0) is 20.6. The van der Waals surface area contributed by atoms with Gasteiger partial charge < -0.3 is 13.6 Å². The number of oxazole rings is 1. The summed E-state index contributed by atoms with van der Waals surface area (Å²) in [7, 11) is 0. The Bertz CT molecular complexity index is 1170. The first kappa shape index (κ1) is 19.0. The van der Waals surface area contributed by atoms with Crippen LogP contribution < -0.4 is 5.76 Å². The molecule has 0 amide bonds. The van der Waals surface area contributed by atoms with Gasteiger partial charge in [-0.3, -0.25) is 4.57 Å². The molecule has 0 radical (unpaired) electrons. The number of hydrogen-bond donors (Lipinski definition) is 0. The van der Waals surface area contributed by atoms with Gasteiger partial charge in [0.25, 0.3) is 0 Å². The lowest BCUT2D eigenvalue weighted by molar-refractivity contribution is -0.306. The van der Waals surface area contributed by atoms with E-state index in [2.05, 4.69) is 14.9 Å². The minimum atomic E-state index is -4.69. The van der Waals surface area contributed by atoms with E-state index in [1.807, 2.05) is 0 Å². The molecule has 3 aromatic rings. The molecule has 10 heteroatoms. The Balaban J connectivity index is 1.60. The molecule has 1 aliphatic carbocycles. The molecule has 1 aliphatic rings. The third kappa shape index (κ3) is 4.25. The Labute approximate surface area is 162 Å². The molecular formula is C19H16F3N3O4. The lowest BCUT2D eigenvalue weighted by Gasteiger charge is -2.17. The first-order valence-electron chi connectivity index (χ1n) is 8.87. The number of fused-ring (bicyclic) bond motifs is 1. The van der Waals surface area contributed by atoms with Crippen molar-refractivity contribution >= 4 is 16.7 Å². The van der Waals surface area contributed by atoms with Crippen molar-refractivity contribution in [3.8, 4) is 0 Å². The normalized spacial score (nSPS) is 14.8. The minimum absolute atomic E-state index is 0.127. The quantitative estimate of drug-likeness (QED) is 0.633. The summed E-state index contributed by atoms with van der Waals surface area (Å²) in [5.41, 5.74) is 2.65. The molecule has 0 spiro atoms. The van der Waals surface area contributed by atoms with E-state index >= 15 is 0 Å². The monoisotopic (exact) mass is 407 g/mol. The van der Waals surface area contributed by atoms with Gasteiger partial charge in [-0.25, -0.2) is 4.79 Å². The highest BCUT2D eigenvalue weighted by Crippen LogP contribution is 2.32. The van der Waals surface area contributed by atoms with Crippen molar-refractivity contribution in [2.45, 2.75) is 39.1 Å². The van der Waals surface area contributed by atoms with Gasteiger partial charge in [0.2, 0.25) is 11.8 Å². The maximum atomic E-state index is 12.3. The summed E-state index contributed by atoms with van der Waals surface area (Å²) in [5.74, 6) is 0.222. The first-order valence-corrected chi connectivity index (χ1v) is 8.87. The number of alkyl halides is 3. The molecular weight excluding hydrogens is 391 g/mol. The fourth-order valence-corrected chi connectivity index (χ4v) is 3.21. The number of halogens is 3. The average molecular weight is 407 g/mol. The summed E-state index contributed by atoms with van der Waals surface area (Å²) in [5, 5.41) is 7.66. The maximum Gasteiger partial charge on any atom is 0.572 e. The van der Waals surface area contributed by atoms with E-state index in [4.69, 9.17) is 8.83 Å². The number of benzene rings is 1. The first-order chi connectivity index (χ1) is 13.8. The summed E-state index contributed by atoms with van der Waals surface area (Å²) in [4.78, 5) is 12.2. The van der Waals surface area contributed by atoms with Crippen molar-refractivity contribution in [3.05, 3.63) is 64.0 Å². The number of hydrogen-bond acceptors (Lipinski definition) is 6. The predicted octanol–water partition coefficient (Wildman–Crippen LogP) is 4.13. The van der Waals surface area contributed by atoms with Crippen molar-refractivity contribution in [1.82, 2.24) is 14.8 Å². The lowest BCUT2D eigenvalue weighted by atomic mass is 9.96. The van der Waals surface area contributed by atoms with Gasteiger partial charge in [0.1, 0.15) is 5.76 Å². The van der Waals surface area contributed by atoms with Crippen LogP contribution in [-0.4, -0.2) is 21.1 Å². The summed E-state index contributed by atoms with van der Waals surface area (Å²) in [6, 6.07) is 5.23. The molecule has 0 bridgehead atoms. The van der Waals surface area contributed by atoms with Crippen LogP contribution in [0.4, 0.5) is 13.2 Å². The number of nitrogens with zero attached hydrogens (tertiary/aromatic N) is 3. The summed E-state index contributed by atoms with van der Waals surface area (Å²) in [6.07, 6.45) is -0.899. The summed E-state index contributed by atoms with van der Waals surface area (Å²) >= 11 is 0. The van der Waals surface area contributed by atoms with Crippen LogP contribution >= 0.6 is 0 Å². The second-order valence-corrected chi connectivity index (χ2v) is 6.54. The van der Waals surface area contributed by atoms with Crippen LogP contribution in [0.5, 0.6) is 0 Å². The van der Waals surface area contributed by atoms with Crippen molar-refractivity contribution in [3.63, 3.8) is 0 Å². The predicted molar refractivity (Wildman–Crippen MR) is 95.6 cm³/mol. The highest BCUT2D eigenvalue weighted by atomic mass is 19.4. The van der Waals surface area contributed by atoms with Gasteiger partial charge in [-0.2, -0.15) is 0 Å². The fraction of sp³-hybridized carbons (Fsp3) is 0.316. The van der Waals surface area contributed by atoms with Crippen molar-refractivity contribution in [2.24, 2.45) is 0 Å². The minimum Gasteiger partial charge on any atom is -0.426 e.